The molecule has 0 aliphatic carbocycles. The van der Waals surface area contributed by atoms with Crippen molar-refractivity contribution in [3.8, 4) is 0 Å². The molecule has 8 heteroatoms. The average molecular weight is 386 g/mol. The molecule has 1 unspecified atom stereocenters. The summed E-state index contributed by atoms with van der Waals surface area (Å²) in [5.74, 6) is 0.342. The number of rotatable bonds is 3. The first-order valence-corrected chi connectivity index (χ1v) is 9.82. The van der Waals surface area contributed by atoms with Crippen LogP contribution >= 0.6 is 0 Å². The molecule has 0 saturated carbocycles. The summed E-state index contributed by atoms with van der Waals surface area (Å²) < 4.78 is 12.9. The van der Waals surface area contributed by atoms with Crippen molar-refractivity contribution < 1.29 is 9.47 Å². The van der Waals surface area contributed by atoms with E-state index in [4.69, 9.17) is 9.47 Å². The first-order valence-electron chi connectivity index (χ1n) is 9.82. The molecule has 2 aromatic rings. The number of ether oxygens (including phenoxy) is 2. The molecule has 1 N–H and O–H groups in total. The maximum Gasteiger partial charge on any atom is 0.275 e. The molecule has 150 valence electrons. The molecule has 0 spiro atoms. The SMILES string of the molecule is CC(C)c1n[nH]c(=O)c2c1COC(n1nc(C(C)C)c3c(c1=O)COCC3)C2. The van der Waals surface area contributed by atoms with Crippen LogP contribution in [0.15, 0.2) is 9.59 Å². The number of nitrogens with zero attached hydrogens (tertiary/aromatic N) is 3. The Bertz CT molecular complexity index is 1020. The van der Waals surface area contributed by atoms with Crippen LogP contribution in [0.1, 0.15) is 79.4 Å². The fraction of sp³-hybridized carbons (Fsp3) is 0.600. The van der Waals surface area contributed by atoms with Crippen LogP contribution in [-0.4, -0.2) is 26.6 Å². The van der Waals surface area contributed by atoms with Gasteiger partial charge in [-0.1, -0.05) is 27.7 Å². The van der Waals surface area contributed by atoms with Crippen molar-refractivity contribution in [2.45, 2.75) is 71.8 Å². The van der Waals surface area contributed by atoms with E-state index in [9.17, 15) is 9.59 Å². The molecule has 0 amide bonds. The minimum atomic E-state index is -0.617. The second-order valence-electron chi connectivity index (χ2n) is 8.07. The smallest absolute Gasteiger partial charge is 0.275 e. The molecule has 0 fully saturated rings. The Balaban J connectivity index is 1.80. The second-order valence-corrected chi connectivity index (χ2v) is 8.07. The van der Waals surface area contributed by atoms with Crippen LogP contribution in [0, 0.1) is 0 Å². The third-order valence-electron chi connectivity index (χ3n) is 5.49. The Morgan fingerprint density at radius 1 is 1.00 bits per heavy atom. The van der Waals surface area contributed by atoms with Crippen molar-refractivity contribution in [3.05, 3.63) is 54.3 Å². The summed E-state index contributed by atoms with van der Waals surface area (Å²) in [4.78, 5) is 25.5. The second kappa shape index (κ2) is 7.25. The number of hydrogen-bond acceptors (Lipinski definition) is 6. The van der Waals surface area contributed by atoms with Crippen LogP contribution in [0.4, 0.5) is 0 Å². The van der Waals surface area contributed by atoms with Crippen LogP contribution < -0.4 is 11.1 Å². The van der Waals surface area contributed by atoms with Gasteiger partial charge in [-0.15, -0.1) is 0 Å². The quantitative estimate of drug-likeness (QED) is 0.865. The highest BCUT2D eigenvalue weighted by molar-refractivity contribution is 5.33. The number of aromatic amines is 1. The molecule has 0 aromatic carbocycles. The summed E-state index contributed by atoms with van der Waals surface area (Å²) in [6, 6.07) is 0. The molecule has 2 aliphatic heterocycles. The molecule has 0 radical (unpaired) electrons. The van der Waals surface area contributed by atoms with E-state index in [1.54, 1.807) is 0 Å². The van der Waals surface area contributed by atoms with Crippen LogP contribution in [0.3, 0.4) is 0 Å². The molecule has 0 bridgehead atoms. The minimum Gasteiger partial charge on any atom is -0.376 e. The number of aromatic nitrogens is 4. The highest BCUT2D eigenvalue weighted by atomic mass is 16.5. The zero-order valence-electron chi connectivity index (χ0n) is 16.7. The van der Waals surface area contributed by atoms with Crippen LogP contribution in [0.25, 0.3) is 0 Å². The zero-order chi connectivity index (χ0) is 20.0. The fourth-order valence-electron chi connectivity index (χ4n) is 4.04. The normalized spacial score (nSPS) is 19.0. The van der Waals surface area contributed by atoms with Gasteiger partial charge < -0.3 is 9.47 Å². The van der Waals surface area contributed by atoms with Gasteiger partial charge in [-0.25, -0.2) is 5.10 Å². The van der Waals surface area contributed by atoms with E-state index in [1.807, 2.05) is 13.8 Å². The lowest BCUT2D eigenvalue weighted by atomic mass is 9.96. The topological polar surface area (TPSA) is 99.1 Å². The van der Waals surface area contributed by atoms with Gasteiger partial charge in [0.2, 0.25) is 0 Å². The van der Waals surface area contributed by atoms with Gasteiger partial charge in [0.05, 0.1) is 31.2 Å². The number of nitrogens with one attached hydrogen (secondary N) is 1. The standard InChI is InChI=1S/C20H26N4O4/c1-10(2)17-14-9-28-16(7-13(14)19(25)22-21-17)24-20(26)15-8-27-6-5-12(15)18(23-24)11(3)4/h10-11,16H,5-9H2,1-4H3,(H,22,25). The first-order chi connectivity index (χ1) is 13.4. The summed E-state index contributed by atoms with van der Waals surface area (Å²) >= 11 is 0. The highest BCUT2D eigenvalue weighted by Gasteiger charge is 2.30. The molecule has 2 aromatic heterocycles. The molecule has 4 heterocycles. The molecule has 0 saturated heterocycles. The first kappa shape index (κ1) is 19.0. The van der Waals surface area contributed by atoms with Crippen LogP contribution in [0.5, 0.6) is 0 Å². The van der Waals surface area contributed by atoms with Gasteiger partial charge in [-0.2, -0.15) is 14.9 Å². The predicted octanol–water partition coefficient (Wildman–Crippen LogP) is 1.92. The maximum absolute atomic E-state index is 13.1. The largest absolute Gasteiger partial charge is 0.376 e. The van der Waals surface area contributed by atoms with Gasteiger partial charge in [-0.3, -0.25) is 9.59 Å². The predicted molar refractivity (Wildman–Crippen MR) is 102 cm³/mol. The minimum absolute atomic E-state index is 0.167. The van der Waals surface area contributed by atoms with Crippen molar-refractivity contribution in [1.29, 1.82) is 0 Å². The van der Waals surface area contributed by atoms with Crippen molar-refractivity contribution in [2.75, 3.05) is 6.61 Å². The third-order valence-corrected chi connectivity index (χ3v) is 5.49. The van der Waals surface area contributed by atoms with E-state index in [-0.39, 0.29) is 36.0 Å². The van der Waals surface area contributed by atoms with Crippen molar-refractivity contribution in [2.24, 2.45) is 0 Å². The van der Waals surface area contributed by atoms with Gasteiger partial charge in [-0.05, 0) is 23.8 Å². The summed E-state index contributed by atoms with van der Waals surface area (Å²) in [6.07, 6.45) is 0.369. The molecular weight excluding hydrogens is 360 g/mol. The Hall–Kier alpha value is -2.32. The van der Waals surface area contributed by atoms with Gasteiger partial charge in [0.15, 0.2) is 6.23 Å². The summed E-state index contributed by atoms with van der Waals surface area (Å²) in [7, 11) is 0. The maximum atomic E-state index is 13.1. The van der Waals surface area contributed by atoms with Gasteiger partial charge in [0.1, 0.15) is 0 Å². The Morgan fingerprint density at radius 3 is 2.46 bits per heavy atom. The molecule has 1 atom stereocenters. The third kappa shape index (κ3) is 3.10. The van der Waals surface area contributed by atoms with Crippen molar-refractivity contribution in [1.82, 2.24) is 20.0 Å². The Labute approximate surface area is 162 Å². The lowest BCUT2D eigenvalue weighted by molar-refractivity contribution is -0.0341. The summed E-state index contributed by atoms with van der Waals surface area (Å²) in [6.45, 7) is 9.32. The molecule has 28 heavy (non-hydrogen) atoms. The highest BCUT2D eigenvalue weighted by Crippen LogP contribution is 2.29. The van der Waals surface area contributed by atoms with Gasteiger partial charge >= 0.3 is 0 Å². The van der Waals surface area contributed by atoms with E-state index >= 15 is 0 Å². The molecular formula is C20H26N4O4. The van der Waals surface area contributed by atoms with Gasteiger partial charge in [0, 0.05) is 23.1 Å². The number of fused-ring (bicyclic) bond motifs is 2. The molecule has 2 aliphatic rings. The fourth-order valence-corrected chi connectivity index (χ4v) is 4.04. The molecule has 8 nitrogen and oxygen atoms in total. The lowest BCUT2D eigenvalue weighted by Crippen LogP contribution is -2.39. The van der Waals surface area contributed by atoms with E-state index in [0.717, 1.165) is 22.5 Å². The van der Waals surface area contributed by atoms with Crippen molar-refractivity contribution >= 4 is 0 Å². The Kier molecular flexibility index (Phi) is 4.93. The van der Waals surface area contributed by atoms with Crippen LogP contribution in [-0.2, 0) is 35.5 Å². The van der Waals surface area contributed by atoms with E-state index in [1.165, 1.54) is 4.68 Å². The van der Waals surface area contributed by atoms with Gasteiger partial charge in [0.25, 0.3) is 11.1 Å². The van der Waals surface area contributed by atoms with E-state index in [0.29, 0.717) is 30.8 Å². The van der Waals surface area contributed by atoms with Crippen molar-refractivity contribution in [3.63, 3.8) is 0 Å². The number of H-pyrrole nitrogens is 1. The Morgan fingerprint density at radius 2 is 1.75 bits per heavy atom. The summed E-state index contributed by atoms with van der Waals surface area (Å²) in [5.41, 5.74) is 4.42. The molecule has 4 rings (SSSR count). The van der Waals surface area contributed by atoms with E-state index < -0.39 is 6.23 Å². The van der Waals surface area contributed by atoms with Crippen LogP contribution in [0.2, 0.25) is 0 Å². The summed E-state index contributed by atoms with van der Waals surface area (Å²) in [5, 5.41) is 11.4. The lowest BCUT2D eigenvalue weighted by Gasteiger charge is -2.29. The van der Waals surface area contributed by atoms with E-state index in [2.05, 4.69) is 29.1 Å². The average Bonchev–Trinajstić information content (AvgIpc) is 2.68. The monoisotopic (exact) mass is 386 g/mol. The zero-order valence-corrected chi connectivity index (χ0v) is 16.7. The number of hydrogen-bond donors (Lipinski definition) is 1.